The van der Waals surface area contributed by atoms with Crippen LogP contribution in [0.3, 0.4) is 0 Å². The van der Waals surface area contributed by atoms with Crippen molar-refractivity contribution in [3.63, 3.8) is 0 Å². The number of oxazole rings is 1. The first-order valence-electron chi connectivity index (χ1n) is 8.18. The van der Waals surface area contributed by atoms with Crippen molar-refractivity contribution in [2.24, 2.45) is 5.73 Å². The van der Waals surface area contributed by atoms with Gasteiger partial charge in [0, 0.05) is 38.3 Å². The summed E-state index contributed by atoms with van der Waals surface area (Å²) in [6, 6.07) is 8.56. The molecule has 0 spiro atoms. The zero-order valence-electron chi connectivity index (χ0n) is 13.9. The van der Waals surface area contributed by atoms with Gasteiger partial charge in [0.25, 0.3) is 0 Å². The van der Waals surface area contributed by atoms with E-state index in [1.807, 2.05) is 12.1 Å². The van der Waals surface area contributed by atoms with E-state index in [1.54, 1.807) is 13.4 Å². The number of hydrogen-bond donors (Lipinski definition) is 1. The third kappa shape index (κ3) is 3.80. The first-order valence-corrected chi connectivity index (χ1v) is 8.18. The van der Waals surface area contributed by atoms with E-state index in [0.717, 1.165) is 37.2 Å². The first kappa shape index (κ1) is 16.2. The molecule has 2 atom stereocenters. The molecule has 0 bridgehead atoms. The Kier molecular flexibility index (Phi) is 5.10. The van der Waals surface area contributed by atoms with Crippen molar-refractivity contribution in [3.05, 3.63) is 41.8 Å². The molecule has 1 aromatic heterocycles. The number of likely N-dealkylation sites (tertiary alicyclic amines) is 1. The van der Waals surface area contributed by atoms with Crippen LogP contribution in [0, 0.1) is 6.92 Å². The predicted octanol–water partition coefficient (Wildman–Crippen LogP) is 2.59. The van der Waals surface area contributed by atoms with Crippen LogP contribution in [0.25, 0.3) is 11.5 Å². The third-order valence-electron chi connectivity index (χ3n) is 4.61. The minimum absolute atomic E-state index is 0.320. The van der Waals surface area contributed by atoms with E-state index in [0.29, 0.717) is 24.6 Å². The number of rotatable bonds is 5. The quantitative estimate of drug-likeness (QED) is 0.919. The van der Waals surface area contributed by atoms with E-state index in [1.165, 1.54) is 5.56 Å². The molecule has 0 amide bonds. The van der Waals surface area contributed by atoms with Crippen molar-refractivity contribution in [3.8, 4) is 11.5 Å². The SMILES string of the molecule is COC1CCN(Cc2coc(-c3ccc(C)cc3)n2)C(CN)C1. The second kappa shape index (κ2) is 7.25. The van der Waals surface area contributed by atoms with Gasteiger partial charge in [-0.05, 0) is 31.9 Å². The van der Waals surface area contributed by atoms with Crippen LogP contribution in [0.2, 0.25) is 0 Å². The molecular weight excluding hydrogens is 290 g/mol. The molecule has 0 aliphatic carbocycles. The molecule has 2 N–H and O–H groups in total. The first-order chi connectivity index (χ1) is 11.2. The van der Waals surface area contributed by atoms with Gasteiger partial charge < -0.3 is 14.9 Å². The molecule has 2 unspecified atom stereocenters. The van der Waals surface area contributed by atoms with Crippen molar-refractivity contribution < 1.29 is 9.15 Å². The number of methoxy groups -OCH3 is 1. The van der Waals surface area contributed by atoms with Crippen molar-refractivity contribution in [1.29, 1.82) is 0 Å². The molecule has 124 valence electrons. The number of nitrogens with two attached hydrogens (primary N) is 1. The highest BCUT2D eigenvalue weighted by Crippen LogP contribution is 2.23. The van der Waals surface area contributed by atoms with Crippen LogP contribution in [-0.4, -0.2) is 42.2 Å². The van der Waals surface area contributed by atoms with Crippen LogP contribution in [0.1, 0.15) is 24.1 Å². The maximum absolute atomic E-state index is 5.93. The highest BCUT2D eigenvalue weighted by Gasteiger charge is 2.28. The fraction of sp³-hybridized carbons (Fsp3) is 0.500. The molecule has 23 heavy (non-hydrogen) atoms. The van der Waals surface area contributed by atoms with E-state index in [2.05, 4.69) is 28.9 Å². The smallest absolute Gasteiger partial charge is 0.226 e. The van der Waals surface area contributed by atoms with E-state index in [-0.39, 0.29) is 0 Å². The Bertz CT molecular complexity index is 623. The topological polar surface area (TPSA) is 64.5 Å². The number of ether oxygens (including phenoxy) is 1. The van der Waals surface area contributed by atoms with Gasteiger partial charge >= 0.3 is 0 Å². The summed E-state index contributed by atoms with van der Waals surface area (Å²) < 4.78 is 11.1. The molecule has 1 aliphatic heterocycles. The molecule has 1 aliphatic rings. The van der Waals surface area contributed by atoms with E-state index < -0.39 is 0 Å². The Hall–Kier alpha value is -1.69. The second-order valence-electron chi connectivity index (χ2n) is 6.25. The Morgan fingerprint density at radius 1 is 1.35 bits per heavy atom. The van der Waals surface area contributed by atoms with Crippen LogP contribution in [0.4, 0.5) is 0 Å². The van der Waals surface area contributed by atoms with Crippen molar-refractivity contribution in [1.82, 2.24) is 9.88 Å². The Balaban J connectivity index is 1.67. The maximum atomic E-state index is 5.93. The molecule has 5 nitrogen and oxygen atoms in total. The van der Waals surface area contributed by atoms with E-state index >= 15 is 0 Å². The minimum atomic E-state index is 0.320. The van der Waals surface area contributed by atoms with Crippen molar-refractivity contribution in [2.45, 2.75) is 38.5 Å². The largest absolute Gasteiger partial charge is 0.444 e. The number of benzene rings is 1. The summed E-state index contributed by atoms with van der Waals surface area (Å²) >= 11 is 0. The average Bonchev–Trinajstić information content (AvgIpc) is 3.04. The fourth-order valence-electron chi connectivity index (χ4n) is 3.15. The lowest BCUT2D eigenvalue weighted by Crippen LogP contribution is -2.48. The van der Waals surface area contributed by atoms with Crippen LogP contribution in [0.15, 0.2) is 34.9 Å². The Labute approximate surface area is 137 Å². The monoisotopic (exact) mass is 315 g/mol. The highest BCUT2D eigenvalue weighted by molar-refractivity contribution is 5.53. The van der Waals surface area contributed by atoms with Crippen molar-refractivity contribution >= 4 is 0 Å². The third-order valence-corrected chi connectivity index (χ3v) is 4.61. The van der Waals surface area contributed by atoms with Crippen LogP contribution < -0.4 is 5.73 Å². The normalized spacial score (nSPS) is 22.4. The fourth-order valence-corrected chi connectivity index (χ4v) is 3.15. The summed E-state index contributed by atoms with van der Waals surface area (Å²) in [6.07, 6.45) is 4.09. The Morgan fingerprint density at radius 3 is 2.83 bits per heavy atom. The molecule has 1 fully saturated rings. The predicted molar refractivity (Wildman–Crippen MR) is 90.0 cm³/mol. The van der Waals surface area contributed by atoms with Crippen LogP contribution >= 0.6 is 0 Å². The second-order valence-corrected chi connectivity index (χ2v) is 6.25. The zero-order chi connectivity index (χ0) is 16.2. The van der Waals surface area contributed by atoms with Gasteiger partial charge in [0.1, 0.15) is 6.26 Å². The van der Waals surface area contributed by atoms with Gasteiger partial charge in [0.05, 0.1) is 11.8 Å². The van der Waals surface area contributed by atoms with Gasteiger partial charge in [-0.25, -0.2) is 4.98 Å². The molecule has 1 aromatic carbocycles. The number of piperidine rings is 1. The lowest BCUT2D eigenvalue weighted by atomic mass is 9.99. The number of aryl methyl sites for hydroxylation is 1. The molecule has 5 heteroatoms. The lowest BCUT2D eigenvalue weighted by Gasteiger charge is -2.37. The summed E-state index contributed by atoms with van der Waals surface area (Å²) in [5.74, 6) is 0.677. The molecule has 0 radical (unpaired) electrons. The standard InChI is InChI=1S/C18H25N3O2/c1-13-3-5-14(6-4-13)18-20-15(12-23-18)11-21-8-7-17(22-2)9-16(21)10-19/h3-6,12,16-17H,7-11,19H2,1-2H3. The van der Waals surface area contributed by atoms with Gasteiger partial charge in [-0.1, -0.05) is 17.7 Å². The van der Waals surface area contributed by atoms with Crippen LogP contribution in [0.5, 0.6) is 0 Å². The molecule has 2 aromatic rings. The minimum Gasteiger partial charge on any atom is -0.444 e. The van der Waals surface area contributed by atoms with Gasteiger partial charge in [-0.2, -0.15) is 0 Å². The number of nitrogens with zero attached hydrogens (tertiary/aromatic N) is 2. The maximum Gasteiger partial charge on any atom is 0.226 e. The van der Waals surface area contributed by atoms with E-state index in [4.69, 9.17) is 14.9 Å². The Morgan fingerprint density at radius 2 is 2.13 bits per heavy atom. The van der Waals surface area contributed by atoms with Gasteiger partial charge in [0.2, 0.25) is 5.89 Å². The van der Waals surface area contributed by atoms with Crippen molar-refractivity contribution in [2.75, 3.05) is 20.2 Å². The summed E-state index contributed by atoms with van der Waals surface area (Å²) in [4.78, 5) is 7.01. The number of hydrogen-bond acceptors (Lipinski definition) is 5. The van der Waals surface area contributed by atoms with Gasteiger partial charge in [-0.15, -0.1) is 0 Å². The summed E-state index contributed by atoms with van der Waals surface area (Å²) in [5.41, 5.74) is 9.13. The van der Waals surface area contributed by atoms with Gasteiger partial charge in [0.15, 0.2) is 0 Å². The molecule has 3 rings (SSSR count). The molecule has 0 saturated carbocycles. The van der Waals surface area contributed by atoms with Crippen LogP contribution in [-0.2, 0) is 11.3 Å². The van der Waals surface area contributed by atoms with Gasteiger partial charge in [-0.3, -0.25) is 4.90 Å². The lowest BCUT2D eigenvalue weighted by molar-refractivity contribution is 0.00978. The zero-order valence-corrected chi connectivity index (χ0v) is 13.9. The average molecular weight is 315 g/mol. The summed E-state index contributed by atoms with van der Waals surface area (Å²) in [5, 5.41) is 0. The highest BCUT2D eigenvalue weighted by atomic mass is 16.5. The number of aromatic nitrogens is 1. The van der Waals surface area contributed by atoms with E-state index in [9.17, 15) is 0 Å². The summed E-state index contributed by atoms with van der Waals surface area (Å²) in [7, 11) is 1.78. The summed E-state index contributed by atoms with van der Waals surface area (Å²) in [6.45, 7) is 4.46. The molecule has 1 saturated heterocycles. The molecular formula is C18H25N3O2. The molecule has 2 heterocycles.